The molecule has 0 unspecified atom stereocenters. The number of ether oxygens (including phenoxy) is 1. The van der Waals surface area contributed by atoms with Crippen LogP contribution >= 0.6 is 0 Å². The van der Waals surface area contributed by atoms with Crippen LogP contribution in [0.15, 0.2) is 42.5 Å². The van der Waals surface area contributed by atoms with Crippen molar-refractivity contribution in [1.29, 1.82) is 5.26 Å². The molecule has 2 rings (SSSR count). The number of nitrogens with zero attached hydrogens (tertiary/aromatic N) is 2. The smallest absolute Gasteiger partial charge is 0.123 e. The van der Waals surface area contributed by atoms with Crippen molar-refractivity contribution in [1.82, 2.24) is 4.90 Å². The van der Waals surface area contributed by atoms with Crippen LogP contribution in [0.2, 0.25) is 0 Å². The highest BCUT2D eigenvalue weighted by molar-refractivity contribution is 5.42. The maximum atomic E-state index is 13.2. The lowest BCUT2D eigenvalue weighted by Gasteiger charge is -2.18. The average molecular weight is 284 g/mol. The molecule has 0 aliphatic rings. The Kier molecular flexibility index (Phi) is 4.91. The minimum Gasteiger partial charge on any atom is -0.496 e. The minimum atomic E-state index is -0.232. The van der Waals surface area contributed by atoms with Gasteiger partial charge in [-0.2, -0.15) is 5.26 Å². The van der Waals surface area contributed by atoms with Crippen LogP contribution in [0.25, 0.3) is 0 Å². The molecule has 4 heteroatoms. The summed E-state index contributed by atoms with van der Waals surface area (Å²) in [6.45, 7) is 1.24. The van der Waals surface area contributed by atoms with E-state index in [0.717, 1.165) is 16.9 Å². The van der Waals surface area contributed by atoms with E-state index in [1.165, 1.54) is 12.1 Å². The summed E-state index contributed by atoms with van der Waals surface area (Å²) in [4.78, 5) is 2.05. The lowest BCUT2D eigenvalue weighted by molar-refractivity contribution is 0.309. The van der Waals surface area contributed by atoms with Crippen LogP contribution in [0.4, 0.5) is 4.39 Å². The zero-order valence-corrected chi connectivity index (χ0v) is 12.1. The molecule has 0 heterocycles. The molecule has 108 valence electrons. The van der Waals surface area contributed by atoms with Gasteiger partial charge in [0, 0.05) is 18.7 Å². The first-order chi connectivity index (χ1) is 10.1. The Labute approximate surface area is 124 Å². The Hall–Kier alpha value is -2.38. The molecule has 0 aliphatic heterocycles. The van der Waals surface area contributed by atoms with Crippen molar-refractivity contribution in [3.63, 3.8) is 0 Å². The molecule has 0 radical (unpaired) electrons. The number of methoxy groups -OCH3 is 1. The fourth-order valence-electron chi connectivity index (χ4n) is 2.27. The molecular formula is C17H17FN2O. The molecule has 0 aliphatic carbocycles. The molecular weight excluding hydrogens is 267 g/mol. The summed E-state index contributed by atoms with van der Waals surface area (Å²) in [5.74, 6) is 0.519. The van der Waals surface area contributed by atoms with Gasteiger partial charge in [-0.1, -0.05) is 12.1 Å². The van der Waals surface area contributed by atoms with Gasteiger partial charge >= 0.3 is 0 Å². The number of hydrogen-bond acceptors (Lipinski definition) is 3. The van der Waals surface area contributed by atoms with Crippen molar-refractivity contribution in [2.75, 3.05) is 14.2 Å². The van der Waals surface area contributed by atoms with E-state index in [4.69, 9.17) is 10.00 Å². The molecule has 0 bridgehead atoms. The van der Waals surface area contributed by atoms with Gasteiger partial charge in [0.15, 0.2) is 0 Å². The summed E-state index contributed by atoms with van der Waals surface area (Å²) in [6.07, 6.45) is 0. The molecule has 21 heavy (non-hydrogen) atoms. The highest BCUT2D eigenvalue weighted by Crippen LogP contribution is 2.21. The molecule has 2 aromatic carbocycles. The first-order valence-corrected chi connectivity index (χ1v) is 6.62. The van der Waals surface area contributed by atoms with Gasteiger partial charge in [0.05, 0.1) is 18.7 Å². The van der Waals surface area contributed by atoms with E-state index in [1.807, 2.05) is 24.1 Å². The fourth-order valence-corrected chi connectivity index (χ4v) is 2.27. The SMILES string of the molecule is COc1ccc(C#N)cc1CN(C)Cc1cccc(F)c1. The standard InChI is InChI=1S/C17H17FN2O/c1-20(11-14-4-3-5-16(18)9-14)12-15-8-13(10-19)6-7-17(15)21-2/h3-9H,11-12H2,1-2H3. The summed E-state index contributed by atoms with van der Waals surface area (Å²) in [6, 6.07) is 14.0. The number of halogens is 1. The first kappa shape index (κ1) is 15.0. The predicted molar refractivity (Wildman–Crippen MR) is 79.3 cm³/mol. The second kappa shape index (κ2) is 6.87. The van der Waals surface area contributed by atoms with Crippen molar-refractivity contribution >= 4 is 0 Å². The summed E-state index contributed by atoms with van der Waals surface area (Å²) in [7, 11) is 3.56. The van der Waals surface area contributed by atoms with Crippen LogP contribution in [0.5, 0.6) is 5.75 Å². The molecule has 0 saturated heterocycles. The quantitative estimate of drug-likeness (QED) is 0.845. The Morgan fingerprint density at radius 1 is 1.19 bits per heavy atom. The van der Waals surface area contributed by atoms with Crippen molar-refractivity contribution < 1.29 is 9.13 Å². The van der Waals surface area contributed by atoms with Crippen LogP contribution in [0.1, 0.15) is 16.7 Å². The Morgan fingerprint density at radius 2 is 2.00 bits per heavy atom. The summed E-state index contributed by atoms with van der Waals surface area (Å²) in [5, 5.41) is 8.98. The van der Waals surface area contributed by atoms with Gasteiger partial charge in [-0.3, -0.25) is 4.90 Å². The molecule has 0 N–H and O–H groups in total. The maximum Gasteiger partial charge on any atom is 0.123 e. The van der Waals surface area contributed by atoms with Gasteiger partial charge < -0.3 is 4.74 Å². The first-order valence-electron chi connectivity index (χ1n) is 6.62. The summed E-state index contributed by atoms with van der Waals surface area (Å²) in [5.41, 5.74) is 2.45. The predicted octanol–water partition coefficient (Wildman–Crippen LogP) is 3.34. The van der Waals surface area contributed by atoms with E-state index in [0.29, 0.717) is 18.7 Å². The van der Waals surface area contributed by atoms with Gasteiger partial charge in [-0.25, -0.2) is 4.39 Å². The highest BCUT2D eigenvalue weighted by atomic mass is 19.1. The zero-order valence-electron chi connectivity index (χ0n) is 12.1. The third-order valence-corrected chi connectivity index (χ3v) is 3.19. The lowest BCUT2D eigenvalue weighted by atomic mass is 10.1. The van der Waals surface area contributed by atoms with Crippen LogP contribution in [-0.2, 0) is 13.1 Å². The Morgan fingerprint density at radius 3 is 2.67 bits per heavy atom. The highest BCUT2D eigenvalue weighted by Gasteiger charge is 2.08. The third-order valence-electron chi connectivity index (χ3n) is 3.19. The average Bonchev–Trinajstić information content (AvgIpc) is 2.47. The Bertz CT molecular complexity index is 664. The molecule has 2 aromatic rings. The summed E-state index contributed by atoms with van der Waals surface area (Å²) >= 11 is 0. The monoisotopic (exact) mass is 284 g/mol. The third kappa shape index (κ3) is 4.04. The molecule has 0 aromatic heterocycles. The number of rotatable bonds is 5. The van der Waals surface area contributed by atoms with E-state index in [-0.39, 0.29) is 5.82 Å². The molecule has 0 fully saturated rings. The normalized spacial score (nSPS) is 10.4. The van der Waals surface area contributed by atoms with Crippen LogP contribution in [-0.4, -0.2) is 19.1 Å². The molecule has 0 amide bonds. The molecule has 0 atom stereocenters. The van der Waals surface area contributed by atoms with E-state index in [9.17, 15) is 4.39 Å². The largest absolute Gasteiger partial charge is 0.496 e. The van der Waals surface area contributed by atoms with Gasteiger partial charge in [0.1, 0.15) is 11.6 Å². The van der Waals surface area contributed by atoms with E-state index in [2.05, 4.69) is 6.07 Å². The van der Waals surface area contributed by atoms with Gasteiger partial charge in [-0.15, -0.1) is 0 Å². The molecule has 0 saturated carbocycles. The molecule has 3 nitrogen and oxygen atoms in total. The van der Waals surface area contributed by atoms with Gasteiger partial charge in [0.2, 0.25) is 0 Å². The second-order valence-corrected chi connectivity index (χ2v) is 4.94. The molecule has 0 spiro atoms. The minimum absolute atomic E-state index is 0.232. The van der Waals surface area contributed by atoms with E-state index >= 15 is 0 Å². The van der Waals surface area contributed by atoms with E-state index < -0.39 is 0 Å². The number of nitriles is 1. The number of benzene rings is 2. The van der Waals surface area contributed by atoms with Crippen molar-refractivity contribution in [3.8, 4) is 11.8 Å². The van der Waals surface area contributed by atoms with Crippen LogP contribution < -0.4 is 4.74 Å². The van der Waals surface area contributed by atoms with Crippen molar-refractivity contribution in [3.05, 3.63) is 65.0 Å². The lowest BCUT2D eigenvalue weighted by Crippen LogP contribution is -2.17. The number of hydrogen-bond donors (Lipinski definition) is 0. The Balaban J connectivity index is 2.12. The van der Waals surface area contributed by atoms with Crippen LogP contribution in [0.3, 0.4) is 0 Å². The second-order valence-electron chi connectivity index (χ2n) is 4.94. The fraction of sp³-hybridized carbons (Fsp3) is 0.235. The zero-order chi connectivity index (χ0) is 15.2. The van der Waals surface area contributed by atoms with Crippen molar-refractivity contribution in [2.45, 2.75) is 13.1 Å². The van der Waals surface area contributed by atoms with Gasteiger partial charge in [-0.05, 0) is 42.9 Å². The topological polar surface area (TPSA) is 36.3 Å². The van der Waals surface area contributed by atoms with Crippen LogP contribution in [0, 0.1) is 17.1 Å². The summed E-state index contributed by atoms with van der Waals surface area (Å²) < 4.78 is 18.5. The van der Waals surface area contributed by atoms with E-state index in [1.54, 1.807) is 25.3 Å². The van der Waals surface area contributed by atoms with Crippen molar-refractivity contribution in [2.24, 2.45) is 0 Å². The van der Waals surface area contributed by atoms with Gasteiger partial charge in [0.25, 0.3) is 0 Å². The maximum absolute atomic E-state index is 13.2.